The Morgan fingerprint density at radius 1 is 1.50 bits per heavy atom. The summed E-state index contributed by atoms with van der Waals surface area (Å²) in [7, 11) is 1.05. The minimum atomic E-state index is -4.79. The summed E-state index contributed by atoms with van der Waals surface area (Å²) in [5.41, 5.74) is -2.39. The number of Topliss-reactive ketones (excluding diaryl/α,β-unsaturated/α-hetero) is 1. The van der Waals surface area contributed by atoms with Gasteiger partial charge >= 0.3 is 6.18 Å². The van der Waals surface area contributed by atoms with E-state index in [0.717, 1.165) is 19.2 Å². The Labute approximate surface area is 106 Å². The van der Waals surface area contributed by atoms with E-state index in [9.17, 15) is 18.0 Å². The molecule has 0 N–H and O–H groups in total. The third kappa shape index (κ3) is 2.57. The molecule has 0 unspecified atom stereocenters. The van der Waals surface area contributed by atoms with Crippen molar-refractivity contribution in [1.29, 1.82) is 5.26 Å². The first kappa shape index (κ1) is 14.3. The second-order valence-corrected chi connectivity index (χ2v) is 3.50. The van der Waals surface area contributed by atoms with Crippen LogP contribution in [0.5, 0.6) is 5.75 Å². The SMILES string of the molecule is COc1ccc(C(=O)CCl)c(C#N)c1C(F)(F)F. The zero-order valence-electron chi connectivity index (χ0n) is 9.14. The molecule has 0 aliphatic rings. The molecule has 0 aromatic heterocycles. The summed E-state index contributed by atoms with van der Waals surface area (Å²) in [6.45, 7) is 0. The van der Waals surface area contributed by atoms with E-state index in [1.54, 1.807) is 0 Å². The molecule has 0 bridgehead atoms. The highest BCUT2D eigenvalue weighted by Crippen LogP contribution is 2.39. The second kappa shape index (κ2) is 5.27. The van der Waals surface area contributed by atoms with Crippen LogP contribution in [-0.4, -0.2) is 18.8 Å². The molecule has 1 rings (SSSR count). The Morgan fingerprint density at radius 2 is 2.11 bits per heavy atom. The van der Waals surface area contributed by atoms with E-state index >= 15 is 0 Å². The van der Waals surface area contributed by atoms with Crippen molar-refractivity contribution in [3.05, 3.63) is 28.8 Å². The van der Waals surface area contributed by atoms with Gasteiger partial charge in [0.2, 0.25) is 0 Å². The quantitative estimate of drug-likeness (QED) is 0.630. The molecule has 0 aliphatic carbocycles. The number of halogens is 4. The normalized spacial score (nSPS) is 10.9. The fraction of sp³-hybridized carbons (Fsp3) is 0.273. The summed E-state index contributed by atoms with van der Waals surface area (Å²) in [4.78, 5) is 11.4. The van der Waals surface area contributed by atoms with Crippen LogP contribution in [-0.2, 0) is 6.18 Å². The maximum atomic E-state index is 12.9. The number of carbonyl (C=O) groups is 1. The van der Waals surface area contributed by atoms with E-state index in [1.165, 1.54) is 6.07 Å². The van der Waals surface area contributed by atoms with Crippen molar-refractivity contribution in [2.45, 2.75) is 6.18 Å². The Morgan fingerprint density at radius 3 is 2.50 bits per heavy atom. The molecule has 0 saturated carbocycles. The molecule has 0 heterocycles. The molecule has 0 radical (unpaired) electrons. The Hall–Kier alpha value is -1.74. The van der Waals surface area contributed by atoms with Gasteiger partial charge in [-0.3, -0.25) is 4.79 Å². The van der Waals surface area contributed by atoms with Crippen molar-refractivity contribution in [3.63, 3.8) is 0 Å². The van der Waals surface area contributed by atoms with E-state index in [0.29, 0.717) is 0 Å². The summed E-state index contributed by atoms with van der Waals surface area (Å²) < 4.78 is 43.1. The average molecular weight is 278 g/mol. The van der Waals surface area contributed by atoms with Crippen molar-refractivity contribution in [2.75, 3.05) is 13.0 Å². The Bertz CT molecular complexity index is 520. The summed E-state index contributed by atoms with van der Waals surface area (Å²) in [6, 6.07) is 3.47. The lowest BCUT2D eigenvalue weighted by molar-refractivity contribution is -0.139. The van der Waals surface area contributed by atoms with Crippen molar-refractivity contribution in [2.24, 2.45) is 0 Å². The second-order valence-electron chi connectivity index (χ2n) is 3.23. The molecule has 0 spiro atoms. The van der Waals surface area contributed by atoms with Gasteiger partial charge in [0.25, 0.3) is 0 Å². The zero-order valence-corrected chi connectivity index (χ0v) is 9.89. The first-order valence-electron chi connectivity index (χ1n) is 4.64. The van der Waals surface area contributed by atoms with Crippen molar-refractivity contribution < 1.29 is 22.7 Å². The smallest absolute Gasteiger partial charge is 0.421 e. The number of ketones is 1. The number of hydrogen-bond donors (Lipinski definition) is 0. The van der Waals surface area contributed by atoms with E-state index in [4.69, 9.17) is 16.9 Å². The molecule has 3 nitrogen and oxygen atoms in total. The third-order valence-corrected chi connectivity index (χ3v) is 2.45. The first-order chi connectivity index (χ1) is 8.36. The number of benzene rings is 1. The van der Waals surface area contributed by atoms with Crippen molar-refractivity contribution in [3.8, 4) is 11.8 Å². The molecular weight excluding hydrogens is 271 g/mol. The number of carbonyl (C=O) groups excluding carboxylic acids is 1. The minimum absolute atomic E-state index is 0.361. The van der Waals surface area contributed by atoms with E-state index < -0.39 is 34.7 Å². The predicted octanol–water partition coefficient (Wildman–Crippen LogP) is 3.01. The highest BCUT2D eigenvalue weighted by Gasteiger charge is 2.39. The monoisotopic (exact) mass is 277 g/mol. The zero-order chi connectivity index (χ0) is 13.9. The van der Waals surface area contributed by atoms with Crippen LogP contribution < -0.4 is 4.74 Å². The van der Waals surface area contributed by atoms with Gasteiger partial charge in [0.05, 0.1) is 18.6 Å². The molecule has 0 amide bonds. The van der Waals surface area contributed by atoms with Crippen LogP contribution in [0.3, 0.4) is 0 Å². The third-order valence-electron chi connectivity index (χ3n) is 2.20. The number of nitrogens with zero attached hydrogens (tertiary/aromatic N) is 1. The Balaban J connectivity index is 3.65. The number of hydrogen-bond acceptors (Lipinski definition) is 3. The van der Waals surface area contributed by atoms with Gasteiger partial charge in [-0.2, -0.15) is 18.4 Å². The van der Waals surface area contributed by atoms with Gasteiger partial charge in [-0.25, -0.2) is 0 Å². The van der Waals surface area contributed by atoms with E-state index in [-0.39, 0.29) is 5.56 Å². The lowest BCUT2D eigenvalue weighted by atomic mass is 9.98. The highest BCUT2D eigenvalue weighted by molar-refractivity contribution is 6.30. The lowest BCUT2D eigenvalue weighted by Crippen LogP contribution is -2.14. The van der Waals surface area contributed by atoms with Gasteiger partial charge in [-0.1, -0.05) is 0 Å². The van der Waals surface area contributed by atoms with Crippen molar-refractivity contribution in [1.82, 2.24) is 0 Å². The number of rotatable bonds is 3. The first-order valence-corrected chi connectivity index (χ1v) is 5.17. The van der Waals surface area contributed by atoms with Crippen LogP contribution in [0.1, 0.15) is 21.5 Å². The van der Waals surface area contributed by atoms with Gasteiger partial charge in [-0.15, -0.1) is 11.6 Å². The molecule has 0 atom stereocenters. The molecular formula is C11H7ClF3NO2. The van der Waals surface area contributed by atoms with Crippen LogP contribution in [0.4, 0.5) is 13.2 Å². The van der Waals surface area contributed by atoms with Gasteiger partial charge in [0.1, 0.15) is 17.4 Å². The van der Waals surface area contributed by atoms with Crippen LogP contribution in [0.2, 0.25) is 0 Å². The molecule has 1 aromatic rings. The molecule has 7 heteroatoms. The fourth-order valence-corrected chi connectivity index (χ4v) is 1.60. The van der Waals surface area contributed by atoms with Crippen LogP contribution in [0, 0.1) is 11.3 Å². The van der Waals surface area contributed by atoms with Gasteiger partial charge < -0.3 is 4.74 Å². The lowest BCUT2D eigenvalue weighted by Gasteiger charge is -2.15. The largest absolute Gasteiger partial charge is 0.496 e. The molecule has 0 saturated heterocycles. The predicted molar refractivity (Wildman–Crippen MR) is 57.8 cm³/mol. The molecule has 1 aromatic carbocycles. The maximum Gasteiger partial charge on any atom is 0.421 e. The molecule has 0 fully saturated rings. The maximum absolute atomic E-state index is 12.9. The van der Waals surface area contributed by atoms with E-state index in [1.807, 2.05) is 0 Å². The molecule has 96 valence electrons. The summed E-state index contributed by atoms with van der Waals surface area (Å²) in [5.74, 6) is -1.76. The highest BCUT2D eigenvalue weighted by atomic mass is 35.5. The van der Waals surface area contributed by atoms with Gasteiger partial charge in [0.15, 0.2) is 5.78 Å². The van der Waals surface area contributed by atoms with Crippen LogP contribution in [0.15, 0.2) is 12.1 Å². The van der Waals surface area contributed by atoms with Gasteiger partial charge in [-0.05, 0) is 12.1 Å². The molecule has 18 heavy (non-hydrogen) atoms. The van der Waals surface area contributed by atoms with Crippen LogP contribution in [0.25, 0.3) is 0 Å². The van der Waals surface area contributed by atoms with E-state index in [2.05, 4.69) is 4.74 Å². The number of alkyl halides is 4. The number of ether oxygens (including phenoxy) is 1. The van der Waals surface area contributed by atoms with Gasteiger partial charge in [0, 0.05) is 5.56 Å². The Kier molecular flexibility index (Phi) is 4.19. The fourth-order valence-electron chi connectivity index (χ4n) is 1.46. The standard InChI is InChI=1S/C11H7ClF3NO2/c1-18-9-3-2-6(8(17)4-12)7(5-16)10(9)11(13,14)15/h2-3H,4H2,1H3. The average Bonchev–Trinajstić information content (AvgIpc) is 2.34. The van der Waals surface area contributed by atoms with Crippen LogP contribution >= 0.6 is 11.6 Å². The minimum Gasteiger partial charge on any atom is -0.496 e. The summed E-state index contributed by atoms with van der Waals surface area (Å²) >= 11 is 5.28. The summed E-state index contributed by atoms with van der Waals surface area (Å²) in [5, 5.41) is 8.83. The topological polar surface area (TPSA) is 50.1 Å². The molecule has 0 aliphatic heterocycles. The number of methoxy groups -OCH3 is 1. The van der Waals surface area contributed by atoms with Crippen molar-refractivity contribution >= 4 is 17.4 Å². The number of nitriles is 1. The summed E-state index contributed by atoms with van der Waals surface area (Å²) in [6.07, 6.45) is -4.79.